The summed E-state index contributed by atoms with van der Waals surface area (Å²) in [5.41, 5.74) is 5.39. The first-order valence-corrected chi connectivity index (χ1v) is 27.1. The van der Waals surface area contributed by atoms with E-state index < -0.39 is 13.9 Å². The maximum atomic E-state index is 12.7. The average molecular weight is 880 g/mol. The smallest absolute Gasteiger partial charge is 0.457 e. The van der Waals surface area contributed by atoms with E-state index in [1.807, 2.05) is 0 Å². The van der Waals surface area contributed by atoms with Crippen LogP contribution in [0.2, 0.25) is 0 Å². The summed E-state index contributed by atoms with van der Waals surface area (Å²) in [6.45, 7) is 4.85. The molecule has 0 saturated carbocycles. The Labute approximate surface area is 377 Å². The van der Waals surface area contributed by atoms with Crippen molar-refractivity contribution >= 4 is 13.8 Å². The van der Waals surface area contributed by atoms with E-state index >= 15 is 0 Å². The Kier molecular flexibility index (Phi) is 48.2. The average Bonchev–Trinajstić information content (AvgIpc) is 3.25. The van der Waals surface area contributed by atoms with Gasteiger partial charge in [-0.05, 0) is 51.4 Å². The molecule has 3 N–H and O–H groups in total. The number of phosphoric ester groups is 1. The lowest BCUT2D eigenvalue weighted by molar-refractivity contribution is -0.154. The molecule has 0 aliphatic heterocycles. The van der Waals surface area contributed by atoms with Crippen LogP contribution in [-0.4, -0.2) is 49.9 Å². The van der Waals surface area contributed by atoms with Crippen molar-refractivity contribution in [3.05, 3.63) is 48.6 Å². The Morgan fingerprint density at radius 2 is 0.918 bits per heavy atom. The van der Waals surface area contributed by atoms with Crippen LogP contribution in [0, 0.1) is 0 Å². The van der Waals surface area contributed by atoms with Gasteiger partial charge in [-0.25, -0.2) is 4.57 Å². The van der Waals surface area contributed by atoms with Crippen LogP contribution in [0.1, 0.15) is 239 Å². The minimum atomic E-state index is -4.28. The van der Waals surface area contributed by atoms with Crippen LogP contribution in [0.4, 0.5) is 0 Å². The third-order valence-electron chi connectivity index (χ3n) is 11.0. The first-order valence-electron chi connectivity index (χ1n) is 25.6. The van der Waals surface area contributed by atoms with Gasteiger partial charge in [-0.15, -0.1) is 0 Å². The van der Waals surface area contributed by atoms with Crippen molar-refractivity contribution in [3.63, 3.8) is 0 Å². The third-order valence-corrected chi connectivity index (χ3v) is 12.0. The molecule has 0 bridgehead atoms. The molecule has 61 heavy (non-hydrogen) atoms. The molecule has 8 nitrogen and oxygen atoms in total. The Hall–Kier alpha value is -1.54. The van der Waals surface area contributed by atoms with Crippen molar-refractivity contribution in [3.8, 4) is 0 Å². The van der Waals surface area contributed by atoms with E-state index in [2.05, 4.69) is 62.5 Å². The lowest BCUT2D eigenvalue weighted by atomic mass is 10.0. The SMILES string of the molecule is CC/C=C\C/C=C\C/C=C\C/C=C\CCCCCCCCCCCCC(=O)OC(COCCCCCCCCCCCCCCCCCCCCC)COP(=O)(O)OCCN. The normalized spacial score (nSPS) is 13.7. The van der Waals surface area contributed by atoms with E-state index in [1.165, 1.54) is 161 Å². The summed E-state index contributed by atoms with van der Waals surface area (Å²) >= 11 is 0. The van der Waals surface area contributed by atoms with Gasteiger partial charge in [0.05, 0.1) is 19.8 Å². The highest BCUT2D eigenvalue weighted by molar-refractivity contribution is 7.47. The van der Waals surface area contributed by atoms with Crippen molar-refractivity contribution in [1.82, 2.24) is 0 Å². The number of unbranched alkanes of at least 4 members (excludes halogenated alkanes) is 28. The van der Waals surface area contributed by atoms with Gasteiger partial charge in [0.2, 0.25) is 0 Å². The first-order chi connectivity index (χ1) is 29.9. The van der Waals surface area contributed by atoms with Crippen LogP contribution < -0.4 is 5.73 Å². The quantitative estimate of drug-likeness (QED) is 0.0269. The highest BCUT2D eigenvalue weighted by Crippen LogP contribution is 2.43. The van der Waals surface area contributed by atoms with Gasteiger partial charge in [0, 0.05) is 19.6 Å². The van der Waals surface area contributed by atoms with Crippen LogP contribution in [-0.2, 0) is 27.9 Å². The molecule has 0 aliphatic rings. The van der Waals surface area contributed by atoms with Crippen molar-refractivity contribution in [2.75, 3.05) is 33.0 Å². The Balaban J connectivity index is 3.93. The fraction of sp³-hybridized carbons (Fsp3) is 0.827. The van der Waals surface area contributed by atoms with Crippen molar-refractivity contribution in [1.29, 1.82) is 0 Å². The van der Waals surface area contributed by atoms with Gasteiger partial charge >= 0.3 is 13.8 Å². The van der Waals surface area contributed by atoms with E-state index in [0.717, 1.165) is 57.8 Å². The molecule has 0 spiro atoms. The number of phosphoric acid groups is 1. The summed E-state index contributed by atoms with van der Waals surface area (Å²) in [7, 11) is -4.28. The number of carbonyl (C=O) groups excluding carboxylic acids is 1. The number of carbonyl (C=O) groups is 1. The molecule has 0 aromatic carbocycles. The van der Waals surface area contributed by atoms with E-state index in [1.54, 1.807) is 0 Å². The predicted molar refractivity (Wildman–Crippen MR) is 261 cm³/mol. The Morgan fingerprint density at radius 3 is 1.38 bits per heavy atom. The number of ether oxygens (including phenoxy) is 2. The molecule has 0 radical (unpaired) electrons. The molecule has 0 aromatic rings. The Morgan fingerprint density at radius 1 is 0.508 bits per heavy atom. The van der Waals surface area contributed by atoms with E-state index in [0.29, 0.717) is 13.0 Å². The number of hydrogen-bond acceptors (Lipinski definition) is 7. The minimum Gasteiger partial charge on any atom is -0.457 e. The molecular formula is C52H98NO7P. The lowest BCUT2D eigenvalue weighted by Gasteiger charge is -2.20. The molecule has 0 amide bonds. The summed E-state index contributed by atoms with van der Waals surface area (Å²) in [6, 6.07) is 0. The van der Waals surface area contributed by atoms with E-state index in [-0.39, 0.29) is 32.3 Å². The van der Waals surface area contributed by atoms with Gasteiger partial charge in [0.25, 0.3) is 0 Å². The van der Waals surface area contributed by atoms with E-state index in [9.17, 15) is 14.3 Å². The molecule has 2 atom stereocenters. The summed E-state index contributed by atoms with van der Waals surface area (Å²) in [5.74, 6) is -0.332. The Bertz CT molecular complexity index is 1080. The fourth-order valence-corrected chi connectivity index (χ4v) is 8.05. The molecule has 358 valence electrons. The van der Waals surface area contributed by atoms with Gasteiger partial charge in [0.1, 0.15) is 6.10 Å². The van der Waals surface area contributed by atoms with Gasteiger partial charge < -0.3 is 20.1 Å². The zero-order valence-corrected chi connectivity index (χ0v) is 40.8. The van der Waals surface area contributed by atoms with Gasteiger partial charge in [-0.1, -0.05) is 229 Å². The number of hydrogen-bond donors (Lipinski definition) is 2. The summed E-state index contributed by atoms with van der Waals surface area (Å²) in [5, 5.41) is 0. The van der Waals surface area contributed by atoms with Gasteiger partial charge in [0.15, 0.2) is 0 Å². The number of esters is 1. The van der Waals surface area contributed by atoms with Crippen LogP contribution >= 0.6 is 7.82 Å². The molecule has 0 saturated heterocycles. The molecular weight excluding hydrogens is 782 g/mol. The van der Waals surface area contributed by atoms with Crippen LogP contribution in [0.3, 0.4) is 0 Å². The molecule has 0 aliphatic carbocycles. The highest BCUT2D eigenvalue weighted by atomic mass is 31.2. The maximum absolute atomic E-state index is 12.7. The zero-order chi connectivity index (χ0) is 44.4. The van der Waals surface area contributed by atoms with Crippen molar-refractivity contribution in [2.24, 2.45) is 5.73 Å². The zero-order valence-electron chi connectivity index (χ0n) is 39.9. The van der Waals surface area contributed by atoms with Crippen molar-refractivity contribution in [2.45, 2.75) is 245 Å². The topological polar surface area (TPSA) is 117 Å². The van der Waals surface area contributed by atoms with E-state index in [4.69, 9.17) is 24.3 Å². The van der Waals surface area contributed by atoms with Gasteiger partial charge in [-0.3, -0.25) is 13.8 Å². The molecule has 0 heterocycles. The number of rotatable bonds is 49. The largest absolute Gasteiger partial charge is 0.472 e. The summed E-state index contributed by atoms with van der Waals surface area (Å²) in [4.78, 5) is 22.6. The minimum absolute atomic E-state index is 0.0958. The monoisotopic (exact) mass is 880 g/mol. The molecule has 0 aromatic heterocycles. The first kappa shape index (κ1) is 59.5. The second kappa shape index (κ2) is 49.5. The summed E-state index contributed by atoms with van der Waals surface area (Å²) in [6.07, 6.45) is 60.0. The molecule has 0 fully saturated rings. The molecule has 2 unspecified atom stereocenters. The third kappa shape index (κ3) is 49.3. The van der Waals surface area contributed by atoms with Crippen LogP contribution in [0.25, 0.3) is 0 Å². The maximum Gasteiger partial charge on any atom is 0.472 e. The second-order valence-electron chi connectivity index (χ2n) is 17.0. The fourth-order valence-electron chi connectivity index (χ4n) is 7.28. The summed E-state index contributed by atoms with van der Waals surface area (Å²) < 4.78 is 33.6. The molecule has 0 rings (SSSR count). The van der Waals surface area contributed by atoms with Crippen molar-refractivity contribution < 1.29 is 32.8 Å². The van der Waals surface area contributed by atoms with Gasteiger partial charge in [-0.2, -0.15) is 0 Å². The number of allylic oxidation sites excluding steroid dienone is 8. The standard InChI is InChI=1S/C52H98NO7P/c1-3-5-7-9-11-13-15-17-19-21-23-24-25-26-27-29-31-33-35-37-39-41-43-45-52(54)60-51(50-59-61(55,56)58-48-46-53)49-57-47-44-42-40-38-36-34-32-30-28-22-20-18-16-14-12-10-8-6-4-2/h5,7,11,13,17,19,23-24,51H,3-4,6,8-10,12,14-16,18,20-22,25-50,53H2,1-2H3,(H,55,56)/b7-5-,13-11-,19-17-,24-23-. The lowest BCUT2D eigenvalue weighted by Crippen LogP contribution is -2.28. The highest BCUT2D eigenvalue weighted by Gasteiger charge is 2.25. The number of nitrogens with two attached hydrogens (primary N) is 1. The molecule has 9 heteroatoms. The second-order valence-corrected chi connectivity index (χ2v) is 18.5. The van der Waals surface area contributed by atoms with Crippen LogP contribution in [0.15, 0.2) is 48.6 Å². The predicted octanol–water partition coefficient (Wildman–Crippen LogP) is 15.9. The van der Waals surface area contributed by atoms with Crippen LogP contribution in [0.5, 0.6) is 0 Å².